The number of nitrogens with zero attached hydrogens (tertiary/aromatic N) is 3. The van der Waals surface area contributed by atoms with E-state index in [2.05, 4.69) is 54.3 Å². The van der Waals surface area contributed by atoms with Gasteiger partial charge in [0.1, 0.15) is 0 Å². The van der Waals surface area contributed by atoms with Gasteiger partial charge in [-0.25, -0.2) is 0 Å². The van der Waals surface area contributed by atoms with Gasteiger partial charge in [-0.3, -0.25) is 4.68 Å². The molecule has 0 spiro atoms. The normalized spacial score (nSPS) is 19.4. The summed E-state index contributed by atoms with van der Waals surface area (Å²) in [5.41, 5.74) is 10.1. The third kappa shape index (κ3) is 2.68. The molecule has 1 aromatic heterocycles. The molecule has 1 aromatic carbocycles. The quantitative estimate of drug-likeness (QED) is 0.938. The number of anilines is 1. The van der Waals surface area contributed by atoms with E-state index in [1.165, 1.54) is 16.8 Å². The second-order valence-corrected chi connectivity index (χ2v) is 5.97. The van der Waals surface area contributed by atoms with E-state index in [1.807, 2.05) is 10.9 Å². The lowest BCUT2D eigenvalue weighted by atomic mass is 9.92. The predicted molar refractivity (Wildman–Crippen MR) is 86.4 cm³/mol. The Morgan fingerprint density at radius 2 is 2.19 bits per heavy atom. The molecule has 2 unspecified atom stereocenters. The molecule has 0 amide bonds. The first-order valence-electron chi connectivity index (χ1n) is 7.80. The van der Waals surface area contributed by atoms with Gasteiger partial charge in [-0.05, 0) is 30.9 Å². The van der Waals surface area contributed by atoms with Crippen molar-refractivity contribution in [1.29, 1.82) is 0 Å². The zero-order chi connectivity index (χ0) is 14.8. The summed E-state index contributed by atoms with van der Waals surface area (Å²) >= 11 is 0. The predicted octanol–water partition coefficient (Wildman–Crippen LogP) is 2.60. The van der Waals surface area contributed by atoms with Crippen LogP contribution in [0.25, 0.3) is 0 Å². The topological polar surface area (TPSA) is 47.1 Å². The standard InChI is InChI=1S/C17H24N4/c1-3-20-12-15(10-19-20)17(9-18)21-11-13(2)8-14-6-4-5-7-16(14)21/h4-7,10,12-13,17H,3,8-9,11,18H2,1-2H3. The van der Waals surface area contributed by atoms with Crippen molar-refractivity contribution in [2.45, 2.75) is 32.9 Å². The maximum absolute atomic E-state index is 6.11. The largest absolute Gasteiger partial charge is 0.363 e. The van der Waals surface area contributed by atoms with Crippen LogP contribution in [0.4, 0.5) is 5.69 Å². The van der Waals surface area contributed by atoms with Crippen molar-refractivity contribution in [1.82, 2.24) is 9.78 Å². The minimum atomic E-state index is 0.203. The molecule has 2 heterocycles. The molecular weight excluding hydrogens is 260 g/mol. The Morgan fingerprint density at radius 1 is 1.38 bits per heavy atom. The van der Waals surface area contributed by atoms with Crippen LogP contribution in [-0.2, 0) is 13.0 Å². The van der Waals surface area contributed by atoms with E-state index in [0.717, 1.165) is 19.5 Å². The number of nitrogens with two attached hydrogens (primary N) is 1. The summed E-state index contributed by atoms with van der Waals surface area (Å²) in [5.74, 6) is 0.648. The molecule has 21 heavy (non-hydrogen) atoms. The summed E-state index contributed by atoms with van der Waals surface area (Å²) in [4.78, 5) is 2.46. The van der Waals surface area contributed by atoms with Gasteiger partial charge in [-0.15, -0.1) is 0 Å². The molecule has 0 fully saturated rings. The summed E-state index contributed by atoms with van der Waals surface area (Å²) in [6, 6.07) is 8.90. The van der Waals surface area contributed by atoms with Gasteiger partial charge in [-0.2, -0.15) is 5.10 Å². The summed E-state index contributed by atoms with van der Waals surface area (Å²) in [6.45, 7) is 6.97. The van der Waals surface area contributed by atoms with Crippen LogP contribution in [0.1, 0.15) is 31.0 Å². The fourth-order valence-electron chi connectivity index (χ4n) is 3.30. The molecule has 1 aliphatic rings. The number of hydrogen-bond acceptors (Lipinski definition) is 3. The third-order valence-corrected chi connectivity index (χ3v) is 4.34. The first-order chi connectivity index (χ1) is 10.2. The van der Waals surface area contributed by atoms with Crippen LogP contribution in [0, 0.1) is 5.92 Å². The Kier molecular flexibility index (Phi) is 3.97. The average molecular weight is 284 g/mol. The number of benzene rings is 1. The maximum atomic E-state index is 6.11. The summed E-state index contributed by atoms with van der Waals surface area (Å²) in [6.07, 6.45) is 5.24. The average Bonchev–Trinajstić information content (AvgIpc) is 2.96. The molecule has 0 bridgehead atoms. The highest BCUT2D eigenvalue weighted by Crippen LogP contribution is 2.35. The van der Waals surface area contributed by atoms with E-state index in [-0.39, 0.29) is 6.04 Å². The molecule has 0 saturated heterocycles. The first-order valence-corrected chi connectivity index (χ1v) is 7.80. The Labute approximate surface area is 126 Å². The van der Waals surface area contributed by atoms with Crippen LogP contribution in [0.15, 0.2) is 36.7 Å². The highest BCUT2D eigenvalue weighted by Gasteiger charge is 2.28. The number of hydrogen-bond donors (Lipinski definition) is 1. The minimum Gasteiger partial charge on any atom is -0.363 e. The molecule has 4 heteroatoms. The third-order valence-electron chi connectivity index (χ3n) is 4.34. The lowest BCUT2D eigenvalue weighted by molar-refractivity contribution is 0.489. The van der Waals surface area contributed by atoms with E-state index in [9.17, 15) is 0 Å². The van der Waals surface area contributed by atoms with Crippen molar-refractivity contribution in [3.05, 3.63) is 47.8 Å². The lowest BCUT2D eigenvalue weighted by Crippen LogP contribution is -2.40. The van der Waals surface area contributed by atoms with Crippen molar-refractivity contribution < 1.29 is 0 Å². The Bertz CT molecular complexity index is 604. The fourth-order valence-corrected chi connectivity index (χ4v) is 3.30. The first kappa shape index (κ1) is 14.1. The van der Waals surface area contributed by atoms with Crippen molar-refractivity contribution in [2.75, 3.05) is 18.0 Å². The second kappa shape index (κ2) is 5.90. The highest BCUT2D eigenvalue weighted by molar-refractivity contribution is 5.57. The summed E-state index contributed by atoms with van der Waals surface area (Å²) in [5, 5.41) is 4.41. The van der Waals surface area contributed by atoms with Crippen molar-refractivity contribution in [2.24, 2.45) is 11.7 Å². The number of fused-ring (bicyclic) bond motifs is 1. The molecule has 3 rings (SSSR count). The molecule has 2 aromatic rings. The molecule has 0 radical (unpaired) electrons. The molecule has 1 aliphatic heterocycles. The molecule has 0 saturated carbocycles. The Morgan fingerprint density at radius 3 is 2.90 bits per heavy atom. The van der Waals surface area contributed by atoms with Crippen LogP contribution in [0.3, 0.4) is 0 Å². The van der Waals surface area contributed by atoms with Gasteiger partial charge >= 0.3 is 0 Å². The molecular formula is C17H24N4. The zero-order valence-electron chi connectivity index (χ0n) is 12.9. The van der Waals surface area contributed by atoms with Crippen LogP contribution in [0.2, 0.25) is 0 Å². The van der Waals surface area contributed by atoms with E-state index in [0.29, 0.717) is 12.5 Å². The molecule has 0 aliphatic carbocycles. The van der Waals surface area contributed by atoms with Crippen molar-refractivity contribution in [3.63, 3.8) is 0 Å². The highest BCUT2D eigenvalue weighted by atomic mass is 15.3. The summed E-state index contributed by atoms with van der Waals surface area (Å²) in [7, 11) is 0. The maximum Gasteiger partial charge on any atom is 0.0695 e. The van der Waals surface area contributed by atoms with Gasteiger partial charge in [0.2, 0.25) is 0 Å². The van der Waals surface area contributed by atoms with Crippen LogP contribution >= 0.6 is 0 Å². The van der Waals surface area contributed by atoms with Gasteiger partial charge in [0, 0.05) is 37.1 Å². The Hall–Kier alpha value is -1.81. The number of aromatic nitrogens is 2. The smallest absolute Gasteiger partial charge is 0.0695 e. The fraction of sp³-hybridized carbons (Fsp3) is 0.471. The van der Waals surface area contributed by atoms with Gasteiger partial charge < -0.3 is 10.6 Å². The molecule has 112 valence electrons. The van der Waals surface area contributed by atoms with E-state index >= 15 is 0 Å². The number of para-hydroxylation sites is 1. The van der Waals surface area contributed by atoms with E-state index < -0.39 is 0 Å². The van der Waals surface area contributed by atoms with Crippen LogP contribution < -0.4 is 10.6 Å². The minimum absolute atomic E-state index is 0.203. The monoisotopic (exact) mass is 284 g/mol. The van der Waals surface area contributed by atoms with E-state index in [1.54, 1.807) is 0 Å². The number of aryl methyl sites for hydroxylation is 1. The van der Waals surface area contributed by atoms with Gasteiger partial charge in [0.15, 0.2) is 0 Å². The SMILES string of the molecule is CCn1cc(C(CN)N2CC(C)Cc3ccccc32)cn1. The summed E-state index contributed by atoms with van der Waals surface area (Å²) < 4.78 is 1.97. The Balaban J connectivity index is 1.97. The number of rotatable bonds is 4. The lowest BCUT2D eigenvalue weighted by Gasteiger charge is -2.39. The van der Waals surface area contributed by atoms with Gasteiger partial charge in [0.25, 0.3) is 0 Å². The van der Waals surface area contributed by atoms with Crippen LogP contribution in [0.5, 0.6) is 0 Å². The van der Waals surface area contributed by atoms with Crippen molar-refractivity contribution >= 4 is 5.69 Å². The zero-order valence-corrected chi connectivity index (χ0v) is 12.9. The molecule has 2 N–H and O–H groups in total. The van der Waals surface area contributed by atoms with E-state index in [4.69, 9.17) is 5.73 Å². The van der Waals surface area contributed by atoms with Crippen LogP contribution in [-0.4, -0.2) is 22.9 Å². The van der Waals surface area contributed by atoms with Crippen molar-refractivity contribution in [3.8, 4) is 0 Å². The second-order valence-electron chi connectivity index (χ2n) is 5.97. The molecule has 4 nitrogen and oxygen atoms in total. The molecule has 2 atom stereocenters. The van der Waals surface area contributed by atoms with Gasteiger partial charge in [0.05, 0.1) is 12.2 Å². The van der Waals surface area contributed by atoms with Gasteiger partial charge in [-0.1, -0.05) is 25.1 Å².